The van der Waals surface area contributed by atoms with Crippen LogP contribution in [-0.2, 0) is 17.6 Å². The Bertz CT molecular complexity index is 349. The maximum absolute atomic E-state index is 11.4. The Kier molecular flexibility index (Phi) is 2.73. The number of fused-ring (bicyclic) bond motifs is 1. The first kappa shape index (κ1) is 10.2. The van der Waals surface area contributed by atoms with Gasteiger partial charge in [-0.1, -0.05) is 24.3 Å². The van der Waals surface area contributed by atoms with Gasteiger partial charge in [-0.15, -0.1) is 0 Å². The van der Waals surface area contributed by atoms with Gasteiger partial charge < -0.3 is 11.1 Å². The molecule has 1 atom stereocenters. The third-order valence-corrected chi connectivity index (χ3v) is 2.81. The van der Waals surface area contributed by atoms with Crippen molar-refractivity contribution in [2.24, 2.45) is 5.73 Å². The molecule has 0 saturated heterocycles. The molecule has 0 aliphatic heterocycles. The second kappa shape index (κ2) is 4.03. The van der Waals surface area contributed by atoms with E-state index in [1.165, 1.54) is 11.1 Å². The van der Waals surface area contributed by atoms with E-state index in [1.807, 2.05) is 12.1 Å². The van der Waals surface area contributed by atoms with Crippen LogP contribution in [0.5, 0.6) is 0 Å². The third kappa shape index (κ3) is 2.18. The average molecular weight is 204 g/mol. The molecular formula is C12H16N2O. The van der Waals surface area contributed by atoms with E-state index in [0.717, 1.165) is 12.8 Å². The van der Waals surface area contributed by atoms with Crippen LogP contribution in [0.25, 0.3) is 0 Å². The normalized spacial score (nSPS) is 17.2. The van der Waals surface area contributed by atoms with Crippen LogP contribution in [0.4, 0.5) is 0 Å². The first-order valence-corrected chi connectivity index (χ1v) is 5.29. The molecule has 0 saturated carbocycles. The predicted octanol–water partition coefficient (Wildman–Crippen LogP) is 0.617. The number of amides is 1. The molecule has 1 aliphatic rings. The van der Waals surface area contributed by atoms with Crippen LogP contribution in [0.15, 0.2) is 24.3 Å². The fourth-order valence-corrected chi connectivity index (χ4v) is 1.99. The highest BCUT2D eigenvalue weighted by Gasteiger charge is 2.22. The number of hydrogen-bond donors (Lipinski definition) is 2. The van der Waals surface area contributed by atoms with Gasteiger partial charge in [0, 0.05) is 6.04 Å². The minimum Gasteiger partial charge on any atom is -0.351 e. The first-order chi connectivity index (χ1) is 7.16. The summed E-state index contributed by atoms with van der Waals surface area (Å²) in [6.45, 7) is 1.71. The van der Waals surface area contributed by atoms with Gasteiger partial charge in [0.25, 0.3) is 0 Å². The van der Waals surface area contributed by atoms with Crippen molar-refractivity contribution in [3.8, 4) is 0 Å². The number of benzene rings is 1. The summed E-state index contributed by atoms with van der Waals surface area (Å²) >= 11 is 0. The first-order valence-electron chi connectivity index (χ1n) is 5.29. The van der Waals surface area contributed by atoms with Gasteiger partial charge in [-0.3, -0.25) is 4.79 Å². The Morgan fingerprint density at radius 2 is 1.93 bits per heavy atom. The molecule has 0 fully saturated rings. The zero-order valence-corrected chi connectivity index (χ0v) is 8.86. The molecule has 15 heavy (non-hydrogen) atoms. The van der Waals surface area contributed by atoms with Crippen molar-refractivity contribution < 1.29 is 4.79 Å². The van der Waals surface area contributed by atoms with Crippen LogP contribution in [0.1, 0.15) is 18.1 Å². The quantitative estimate of drug-likeness (QED) is 0.742. The van der Waals surface area contributed by atoms with Crippen LogP contribution < -0.4 is 11.1 Å². The highest BCUT2D eigenvalue weighted by molar-refractivity contribution is 5.81. The summed E-state index contributed by atoms with van der Waals surface area (Å²) in [5, 5.41) is 2.96. The minimum absolute atomic E-state index is 0.0622. The van der Waals surface area contributed by atoms with Crippen molar-refractivity contribution in [1.29, 1.82) is 0 Å². The minimum atomic E-state index is -0.422. The van der Waals surface area contributed by atoms with E-state index >= 15 is 0 Å². The van der Waals surface area contributed by atoms with Crippen molar-refractivity contribution >= 4 is 5.91 Å². The second-order valence-corrected chi connectivity index (χ2v) is 4.17. The summed E-state index contributed by atoms with van der Waals surface area (Å²) in [5.41, 5.74) is 8.19. The number of carbonyl (C=O) groups excluding carboxylic acids is 1. The van der Waals surface area contributed by atoms with E-state index in [-0.39, 0.29) is 11.9 Å². The number of hydrogen-bond acceptors (Lipinski definition) is 2. The summed E-state index contributed by atoms with van der Waals surface area (Å²) in [5.74, 6) is -0.0622. The van der Waals surface area contributed by atoms with Crippen LogP contribution in [0, 0.1) is 0 Å². The molecule has 80 valence electrons. The van der Waals surface area contributed by atoms with Crippen molar-refractivity contribution in [3.63, 3.8) is 0 Å². The molecule has 1 aromatic rings. The highest BCUT2D eigenvalue weighted by atomic mass is 16.2. The second-order valence-electron chi connectivity index (χ2n) is 4.17. The fourth-order valence-electron chi connectivity index (χ4n) is 1.99. The van der Waals surface area contributed by atoms with Crippen molar-refractivity contribution in [2.75, 3.05) is 0 Å². The van der Waals surface area contributed by atoms with Gasteiger partial charge in [0.1, 0.15) is 0 Å². The standard InChI is InChI=1S/C12H16N2O/c1-8(13)12(15)14-11-6-9-4-2-3-5-10(9)7-11/h2-5,8,11H,6-7,13H2,1H3,(H,14,15). The van der Waals surface area contributed by atoms with Crippen molar-refractivity contribution in [2.45, 2.75) is 31.8 Å². The molecule has 0 bridgehead atoms. The predicted molar refractivity (Wildman–Crippen MR) is 59.4 cm³/mol. The van der Waals surface area contributed by atoms with Gasteiger partial charge in [0.05, 0.1) is 6.04 Å². The van der Waals surface area contributed by atoms with Crippen LogP contribution >= 0.6 is 0 Å². The highest BCUT2D eigenvalue weighted by Crippen LogP contribution is 2.21. The van der Waals surface area contributed by atoms with E-state index in [9.17, 15) is 4.79 Å². The van der Waals surface area contributed by atoms with Gasteiger partial charge in [-0.2, -0.15) is 0 Å². The summed E-state index contributed by atoms with van der Waals surface area (Å²) in [6, 6.07) is 8.11. The molecule has 0 radical (unpaired) electrons. The summed E-state index contributed by atoms with van der Waals surface area (Å²) in [4.78, 5) is 11.4. The zero-order valence-electron chi connectivity index (χ0n) is 8.86. The molecule has 0 heterocycles. The van der Waals surface area contributed by atoms with E-state index in [4.69, 9.17) is 5.73 Å². The van der Waals surface area contributed by atoms with Crippen LogP contribution in [0.3, 0.4) is 0 Å². The van der Waals surface area contributed by atoms with E-state index in [2.05, 4.69) is 17.4 Å². The van der Waals surface area contributed by atoms with E-state index < -0.39 is 6.04 Å². The summed E-state index contributed by atoms with van der Waals surface area (Å²) < 4.78 is 0. The topological polar surface area (TPSA) is 55.1 Å². The molecule has 2 rings (SSSR count). The molecule has 3 N–H and O–H groups in total. The molecule has 0 spiro atoms. The lowest BCUT2D eigenvalue weighted by atomic mass is 10.1. The number of carbonyl (C=O) groups is 1. The van der Waals surface area contributed by atoms with Gasteiger partial charge >= 0.3 is 0 Å². The summed E-state index contributed by atoms with van der Waals surface area (Å²) in [7, 11) is 0. The van der Waals surface area contributed by atoms with Crippen LogP contribution in [-0.4, -0.2) is 18.0 Å². The fraction of sp³-hybridized carbons (Fsp3) is 0.417. The zero-order chi connectivity index (χ0) is 10.8. The molecule has 3 heteroatoms. The summed E-state index contributed by atoms with van der Waals surface area (Å²) in [6.07, 6.45) is 1.85. The van der Waals surface area contributed by atoms with Gasteiger partial charge in [-0.05, 0) is 30.9 Å². The Morgan fingerprint density at radius 3 is 2.40 bits per heavy atom. The maximum atomic E-state index is 11.4. The lowest BCUT2D eigenvalue weighted by molar-refractivity contribution is -0.122. The molecule has 1 unspecified atom stereocenters. The number of rotatable bonds is 2. The largest absolute Gasteiger partial charge is 0.351 e. The smallest absolute Gasteiger partial charge is 0.236 e. The number of nitrogens with two attached hydrogens (primary N) is 1. The SMILES string of the molecule is CC(N)C(=O)NC1Cc2ccccc2C1. The van der Waals surface area contributed by atoms with Gasteiger partial charge in [0.2, 0.25) is 5.91 Å². The van der Waals surface area contributed by atoms with Gasteiger partial charge in [-0.25, -0.2) is 0 Å². The lowest BCUT2D eigenvalue weighted by Crippen LogP contribution is -2.44. The lowest BCUT2D eigenvalue weighted by Gasteiger charge is -2.13. The Hall–Kier alpha value is -1.35. The molecule has 1 aromatic carbocycles. The maximum Gasteiger partial charge on any atom is 0.236 e. The molecule has 0 aromatic heterocycles. The van der Waals surface area contributed by atoms with Crippen molar-refractivity contribution in [1.82, 2.24) is 5.32 Å². The molecule has 1 aliphatic carbocycles. The van der Waals surface area contributed by atoms with E-state index in [0.29, 0.717) is 0 Å². The third-order valence-electron chi connectivity index (χ3n) is 2.81. The Morgan fingerprint density at radius 1 is 1.40 bits per heavy atom. The molecule has 1 amide bonds. The van der Waals surface area contributed by atoms with Crippen LogP contribution in [0.2, 0.25) is 0 Å². The monoisotopic (exact) mass is 204 g/mol. The van der Waals surface area contributed by atoms with E-state index in [1.54, 1.807) is 6.92 Å². The molecular weight excluding hydrogens is 188 g/mol. The number of nitrogens with one attached hydrogen (secondary N) is 1. The van der Waals surface area contributed by atoms with Crippen molar-refractivity contribution in [3.05, 3.63) is 35.4 Å². The average Bonchev–Trinajstić information content (AvgIpc) is 2.59. The van der Waals surface area contributed by atoms with Gasteiger partial charge in [0.15, 0.2) is 0 Å². The Balaban J connectivity index is 1.99. The Labute approximate surface area is 89.7 Å². The molecule has 3 nitrogen and oxygen atoms in total.